The Hall–Kier alpha value is -2.46. The van der Waals surface area contributed by atoms with Gasteiger partial charge in [0.1, 0.15) is 11.2 Å². The Morgan fingerprint density at radius 3 is 2.43 bits per heavy atom. The van der Waals surface area contributed by atoms with Crippen LogP contribution in [0.15, 0.2) is 30.3 Å². The first kappa shape index (κ1) is 32.5. The molecule has 1 fully saturated rings. The Morgan fingerprint density at radius 2 is 1.81 bits per heavy atom. The van der Waals surface area contributed by atoms with Crippen LogP contribution < -0.4 is 5.32 Å². The van der Waals surface area contributed by atoms with Gasteiger partial charge in [0.2, 0.25) is 5.91 Å². The average Bonchev–Trinajstić information content (AvgIpc) is 3.31. The lowest BCUT2D eigenvalue weighted by Crippen LogP contribution is -2.50. The van der Waals surface area contributed by atoms with Crippen LogP contribution in [-0.2, 0) is 15.0 Å². The molecule has 2 aromatic carbocycles. The van der Waals surface area contributed by atoms with Gasteiger partial charge in [0.05, 0.1) is 23.8 Å². The zero-order chi connectivity index (χ0) is 31.1. The molecule has 2 aliphatic heterocycles. The normalized spacial score (nSPS) is 24.9. The van der Waals surface area contributed by atoms with Crippen molar-refractivity contribution in [2.45, 2.75) is 89.3 Å². The maximum atomic E-state index is 14.9. The molecule has 1 saturated heterocycles. The van der Waals surface area contributed by atoms with Gasteiger partial charge in [-0.25, -0.2) is 13.2 Å². The van der Waals surface area contributed by atoms with Crippen molar-refractivity contribution >= 4 is 29.0 Å². The number of benzene rings is 2. The monoisotopic (exact) mass is 608 g/mol. The highest BCUT2D eigenvalue weighted by atomic mass is 35.5. The number of likely N-dealkylation sites (tertiary alicyclic amines) is 1. The van der Waals surface area contributed by atoms with Gasteiger partial charge in [0, 0.05) is 30.1 Å². The minimum atomic E-state index is -1.53. The van der Waals surface area contributed by atoms with Crippen LogP contribution in [0.1, 0.15) is 76.8 Å². The standard InChI is InChI=1S/C32H40ClF3N2O4/c1-17(2)14-31(3,4)15-27-32(20-12-23(35)24(36)13-25(20)37-30(32)42)28(18-9-10-22(34)21(33)11-18)29(38(27)5)26(41)8-6-7-19(40)16-39/h9-13,17,19,27-29,39-40H,6-8,14-16H2,1-5H3,(H,37,42)/t19-,27+,28-,29-,32-/m0/s1. The number of Topliss-reactive ketones (excluding diaryl/α,β-unsaturated/α-hetero) is 1. The molecule has 0 radical (unpaired) electrons. The van der Waals surface area contributed by atoms with Gasteiger partial charge in [-0.2, -0.15) is 0 Å². The molecule has 2 aliphatic rings. The predicted molar refractivity (Wildman–Crippen MR) is 156 cm³/mol. The van der Waals surface area contributed by atoms with E-state index in [-0.39, 0.29) is 40.3 Å². The van der Waals surface area contributed by atoms with Crippen molar-refractivity contribution < 1.29 is 33.0 Å². The number of halogens is 4. The van der Waals surface area contributed by atoms with E-state index < -0.39 is 59.5 Å². The quantitative estimate of drug-likeness (QED) is 0.293. The number of fused-ring (bicyclic) bond motifs is 2. The van der Waals surface area contributed by atoms with Gasteiger partial charge in [-0.05, 0) is 73.4 Å². The number of rotatable bonds is 11. The minimum absolute atomic E-state index is 0.0436. The van der Waals surface area contributed by atoms with Crippen molar-refractivity contribution in [1.82, 2.24) is 4.90 Å². The third-order valence-electron chi connectivity index (χ3n) is 8.90. The van der Waals surface area contributed by atoms with Crippen LogP contribution in [0.25, 0.3) is 0 Å². The first-order valence-electron chi connectivity index (χ1n) is 14.4. The molecule has 2 aromatic rings. The van der Waals surface area contributed by atoms with Crippen LogP contribution >= 0.6 is 11.6 Å². The average molecular weight is 609 g/mol. The summed E-state index contributed by atoms with van der Waals surface area (Å²) in [5, 5.41) is 21.6. The maximum Gasteiger partial charge on any atom is 0.237 e. The molecular formula is C32H40ClF3N2O4. The zero-order valence-corrected chi connectivity index (χ0v) is 25.4. The van der Waals surface area contributed by atoms with Gasteiger partial charge < -0.3 is 15.5 Å². The molecule has 5 atom stereocenters. The summed E-state index contributed by atoms with van der Waals surface area (Å²) in [7, 11) is 1.76. The number of anilines is 1. The van der Waals surface area contributed by atoms with Gasteiger partial charge in [-0.3, -0.25) is 14.5 Å². The summed E-state index contributed by atoms with van der Waals surface area (Å²) in [5.41, 5.74) is -1.02. The van der Waals surface area contributed by atoms with Crippen LogP contribution in [-0.4, -0.2) is 58.6 Å². The third kappa shape index (κ3) is 5.85. The second-order valence-corrected chi connectivity index (χ2v) is 13.5. The number of ketones is 1. The fraction of sp³-hybridized carbons (Fsp3) is 0.562. The molecule has 6 nitrogen and oxygen atoms in total. The summed E-state index contributed by atoms with van der Waals surface area (Å²) in [6, 6.07) is 4.56. The van der Waals surface area contributed by atoms with E-state index in [2.05, 4.69) is 33.0 Å². The fourth-order valence-corrected chi connectivity index (χ4v) is 7.71. The third-order valence-corrected chi connectivity index (χ3v) is 9.19. The number of nitrogens with one attached hydrogen (secondary N) is 1. The van der Waals surface area contributed by atoms with Gasteiger partial charge in [-0.15, -0.1) is 0 Å². The summed E-state index contributed by atoms with van der Waals surface area (Å²) < 4.78 is 43.7. The van der Waals surface area contributed by atoms with Crippen LogP contribution in [0, 0.1) is 28.8 Å². The lowest BCUT2D eigenvalue weighted by atomic mass is 9.61. The fourth-order valence-electron chi connectivity index (χ4n) is 7.52. The van der Waals surface area contributed by atoms with Gasteiger partial charge in [0.15, 0.2) is 17.4 Å². The summed E-state index contributed by atoms with van der Waals surface area (Å²) in [5.74, 6) is -4.18. The number of amides is 1. The van der Waals surface area contributed by atoms with Crippen LogP contribution in [0.4, 0.5) is 18.9 Å². The Morgan fingerprint density at radius 1 is 1.14 bits per heavy atom. The maximum absolute atomic E-state index is 14.9. The van der Waals surface area contributed by atoms with Crippen LogP contribution in [0.2, 0.25) is 5.02 Å². The smallest absolute Gasteiger partial charge is 0.237 e. The molecular weight excluding hydrogens is 569 g/mol. The van der Waals surface area contributed by atoms with E-state index in [4.69, 9.17) is 11.6 Å². The summed E-state index contributed by atoms with van der Waals surface area (Å²) in [4.78, 5) is 30.3. The number of likely N-dealkylation sites (N-methyl/N-ethyl adjacent to an activating group) is 1. The van der Waals surface area contributed by atoms with Gasteiger partial charge in [-0.1, -0.05) is 45.4 Å². The largest absolute Gasteiger partial charge is 0.394 e. The van der Waals surface area contributed by atoms with E-state index in [1.54, 1.807) is 7.05 Å². The number of aliphatic hydroxyl groups excluding tert-OH is 2. The Balaban J connectivity index is 1.96. The SMILES string of the molecule is CC(C)CC(C)(C)C[C@H]1N(C)[C@@H](C(=O)CCC[C@H](O)CO)[C@H](c2ccc(F)c(Cl)c2)[C@@]12C(=O)Nc1cc(F)c(F)cc12. The first-order chi connectivity index (χ1) is 19.6. The van der Waals surface area contributed by atoms with E-state index in [9.17, 15) is 33.0 Å². The van der Waals surface area contributed by atoms with Crippen molar-refractivity contribution in [2.75, 3.05) is 19.0 Å². The molecule has 1 amide bonds. The number of nitrogens with zero attached hydrogens (tertiary/aromatic N) is 1. The molecule has 2 heterocycles. The first-order valence-corrected chi connectivity index (χ1v) is 14.8. The molecule has 230 valence electrons. The highest BCUT2D eigenvalue weighted by Gasteiger charge is 2.68. The molecule has 0 unspecified atom stereocenters. The Bertz CT molecular complexity index is 1350. The molecule has 1 spiro atoms. The Labute approximate surface area is 250 Å². The van der Waals surface area contributed by atoms with E-state index >= 15 is 0 Å². The zero-order valence-electron chi connectivity index (χ0n) is 24.7. The molecule has 4 rings (SSSR count). The van der Waals surface area contributed by atoms with E-state index in [1.807, 2.05) is 4.90 Å². The second kappa shape index (κ2) is 12.3. The molecule has 10 heteroatoms. The Kier molecular flexibility index (Phi) is 9.48. The number of carbonyl (C=O) groups excluding carboxylic acids is 2. The highest BCUT2D eigenvalue weighted by molar-refractivity contribution is 6.30. The topological polar surface area (TPSA) is 89.9 Å². The summed E-state index contributed by atoms with van der Waals surface area (Å²) >= 11 is 6.23. The molecule has 0 aliphatic carbocycles. The van der Waals surface area contributed by atoms with Gasteiger partial charge in [0.25, 0.3) is 0 Å². The lowest BCUT2D eigenvalue weighted by molar-refractivity contribution is -0.124. The van der Waals surface area contributed by atoms with Crippen molar-refractivity contribution in [1.29, 1.82) is 0 Å². The lowest BCUT2D eigenvalue weighted by Gasteiger charge is -2.40. The van der Waals surface area contributed by atoms with Gasteiger partial charge >= 0.3 is 0 Å². The van der Waals surface area contributed by atoms with Crippen LogP contribution in [0.3, 0.4) is 0 Å². The molecule has 0 saturated carbocycles. The molecule has 3 N–H and O–H groups in total. The van der Waals surface area contributed by atoms with Crippen molar-refractivity contribution in [3.63, 3.8) is 0 Å². The number of carbonyl (C=O) groups is 2. The van der Waals surface area contributed by atoms with Crippen molar-refractivity contribution in [3.05, 3.63) is 63.9 Å². The number of hydrogen-bond donors (Lipinski definition) is 3. The number of hydrogen-bond acceptors (Lipinski definition) is 5. The highest BCUT2D eigenvalue weighted by Crippen LogP contribution is 2.60. The molecule has 0 bridgehead atoms. The summed E-state index contributed by atoms with van der Waals surface area (Å²) in [6.07, 6.45) is 0.835. The van der Waals surface area contributed by atoms with Crippen LogP contribution in [0.5, 0.6) is 0 Å². The molecule has 42 heavy (non-hydrogen) atoms. The van der Waals surface area contributed by atoms with Crippen molar-refractivity contribution in [3.8, 4) is 0 Å². The predicted octanol–water partition coefficient (Wildman–Crippen LogP) is 5.97. The van der Waals surface area contributed by atoms with Crippen molar-refractivity contribution in [2.24, 2.45) is 11.3 Å². The van der Waals surface area contributed by atoms with E-state index in [1.165, 1.54) is 18.2 Å². The van der Waals surface area contributed by atoms with E-state index in [0.29, 0.717) is 24.3 Å². The summed E-state index contributed by atoms with van der Waals surface area (Å²) in [6.45, 7) is 7.94. The second-order valence-electron chi connectivity index (χ2n) is 13.1. The minimum Gasteiger partial charge on any atom is -0.394 e. The number of aliphatic hydroxyl groups is 2. The van der Waals surface area contributed by atoms with E-state index in [0.717, 1.165) is 18.6 Å². The molecule has 0 aromatic heterocycles.